The number of hydrogen-bond donors (Lipinski definition) is 3. The Hall–Kier alpha value is -3.50. The second-order valence-electron chi connectivity index (χ2n) is 7.54. The highest BCUT2D eigenvalue weighted by Gasteiger charge is 2.26. The van der Waals surface area contributed by atoms with Crippen LogP contribution in [0.3, 0.4) is 0 Å². The number of urea groups is 1. The van der Waals surface area contributed by atoms with Crippen molar-refractivity contribution in [3.8, 4) is 11.3 Å². The number of thiazole rings is 1. The van der Waals surface area contributed by atoms with E-state index in [-0.39, 0.29) is 21.6 Å². The van der Waals surface area contributed by atoms with Crippen molar-refractivity contribution in [1.82, 2.24) is 10.3 Å². The number of halogens is 2. The van der Waals surface area contributed by atoms with Gasteiger partial charge in [0.15, 0.2) is 5.01 Å². The van der Waals surface area contributed by atoms with Crippen LogP contribution in [0.1, 0.15) is 23.6 Å². The maximum absolute atomic E-state index is 13.8. The van der Waals surface area contributed by atoms with Crippen LogP contribution in [0.15, 0.2) is 47.8 Å². The van der Waals surface area contributed by atoms with Gasteiger partial charge in [-0.25, -0.2) is 19.0 Å². The molecular formula is C23H22ClFN4O4S. The number of nitrogens with one attached hydrogen (secondary N) is 3. The number of amides is 3. The Labute approximate surface area is 204 Å². The van der Waals surface area contributed by atoms with Crippen molar-refractivity contribution < 1.29 is 23.5 Å². The van der Waals surface area contributed by atoms with Crippen molar-refractivity contribution in [2.24, 2.45) is 5.92 Å². The fraction of sp³-hybridized carbons (Fsp3) is 0.217. The lowest BCUT2D eigenvalue weighted by Crippen LogP contribution is -2.45. The minimum Gasteiger partial charge on any atom is -0.467 e. The molecule has 0 saturated heterocycles. The number of carbonyl (C=O) groups is 3. The van der Waals surface area contributed by atoms with Crippen LogP contribution in [0.4, 0.5) is 20.6 Å². The SMILES string of the molecule is COC(=O)[C@@H](NC(=O)c1nc(-c2ccc(NC(=O)Nc3ccc(Cl)cc3F)cc2)cs1)C(C)C. The summed E-state index contributed by atoms with van der Waals surface area (Å²) in [5.41, 5.74) is 1.76. The van der Waals surface area contributed by atoms with E-state index in [9.17, 15) is 18.8 Å². The third-order valence-electron chi connectivity index (χ3n) is 4.72. The summed E-state index contributed by atoms with van der Waals surface area (Å²) in [6.45, 7) is 3.61. The van der Waals surface area contributed by atoms with Crippen molar-refractivity contribution in [2.75, 3.05) is 17.7 Å². The minimum absolute atomic E-state index is 0.00120. The van der Waals surface area contributed by atoms with Crippen LogP contribution < -0.4 is 16.0 Å². The van der Waals surface area contributed by atoms with Gasteiger partial charge in [-0.15, -0.1) is 11.3 Å². The number of hydrogen-bond acceptors (Lipinski definition) is 6. The van der Waals surface area contributed by atoms with E-state index in [0.29, 0.717) is 11.4 Å². The predicted octanol–water partition coefficient (Wildman–Crippen LogP) is 5.17. The number of nitrogens with zero attached hydrogens (tertiary/aromatic N) is 1. The number of esters is 1. The van der Waals surface area contributed by atoms with Crippen molar-refractivity contribution in [1.29, 1.82) is 0 Å². The van der Waals surface area contributed by atoms with E-state index >= 15 is 0 Å². The summed E-state index contributed by atoms with van der Waals surface area (Å²) in [5.74, 6) is -1.78. The number of aromatic nitrogens is 1. The van der Waals surface area contributed by atoms with Crippen LogP contribution in [-0.4, -0.2) is 36.0 Å². The van der Waals surface area contributed by atoms with Crippen LogP contribution in [0.25, 0.3) is 11.3 Å². The Bertz CT molecular complexity index is 1200. The molecule has 3 amide bonds. The highest BCUT2D eigenvalue weighted by atomic mass is 35.5. The van der Waals surface area contributed by atoms with Gasteiger partial charge in [-0.05, 0) is 36.2 Å². The molecule has 178 valence electrons. The summed E-state index contributed by atoms with van der Waals surface area (Å²) in [4.78, 5) is 40.9. The van der Waals surface area contributed by atoms with Gasteiger partial charge < -0.3 is 20.7 Å². The van der Waals surface area contributed by atoms with Gasteiger partial charge in [-0.3, -0.25) is 4.79 Å². The zero-order chi connectivity index (χ0) is 24.8. The highest BCUT2D eigenvalue weighted by molar-refractivity contribution is 7.12. The molecule has 1 aromatic heterocycles. The third kappa shape index (κ3) is 6.30. The summed E-state index contributed by atoms with van der Waals surface area (Å²) >= 11 is 6.85. The first kappa shape index (κ1) is 25.1. The molecule has 1 heterocycles. The van der Waals surface area contributed by atoms with Gasteiger partial charge in [0.25, 0.3) is 5.91 Å². The second kappa shape index (κ2) is 11.1. The number of benzene rings is 2. The molecule has 8 nitrogen and oxygen atoms in total. The maximum Gasteiger partial charge on any atom is 0.328 e. The first-order valence-electron chi connectivity index (χ1n) is 10.2. The Morgan fingerprint density at radius 1 is 1.09 bits per heavy atom. The van der Waals surface area contributed by atoms with Gasteiger partial charge in [0, 0.05) is 21.7 Å². The summed E-state index contributed by atoms with van der Waals surface area (Å²) in [5, 5.41) is 9.82. The molecule has 0 spiro atoms. The van der Waals surface area contributed by atoms with E-state index in [2.05, 4.69) is 20.9 Å². The van der Waals surface area contributed by atoms with Crippen LogP contribution in [0, 0.1) is 11.7 Å². The molecule has 2 aromatic carbocycles. The molecule has 0 radical (unpaired) electrons. The lowest BCUT2D eigenvalue weighted by Gasteiger charge is -2.18. The third-order valence-corrected chi connectivity index (χ3v) is 5.80. The average Bonchev–Trinajstić information content (AvgIpc) is 3.29. The van der Waals surface area contributed by atoms with Crippen LogP contribution in [0.5, 0.6) is 0 Å². The molecule has 3 rings (SSSR count). The van der Waals surface area contributed by atoms with E-state index in [1.807, 2.05) is 0 Å². The lowest BCUT2D eigenvalue weighted by atomic mass is 10.0. The molecule has 0 aliphatic rings. The van der Waals surface area contributed by atoms with E-state index in [1.54, 1.807) is 43.5 Å². The normalized spacial score (nSPS) is 11.6. The van der Waals surface area contributed by atoms with Crippen LogP contribution in [-0.2, 0) is 9.53 Å². The Morgan fingerprint density at radius 2 is 1.79 bits per heavy atom. The van der Waals surface area contributed by atoms with E-state index < -0.39 is 29.8 Å². The molecular weight excluding hydrogens is 483 g/mol. The van der Waals surface area contributed by atoms with Gasteiger partial charge in [0.05, 0.1) is 18.5 Å². The van der Waals surface area contributed by atoms with E-state index in [1.165, 1.54) is 19.2 Å². The van der Waals surface area contributed by atoms with Crippen molar-refractivity contribution in [2.45, 2.75) is 19.9 Å². The molecule has 0 bridgehead atoms. The molecule has 11 heteroatoms. The Kier molecular flexibility index (Phi) is 8.19. The quantitative estimate of drug-likeness (QED) is 0.384. The number of methoxy groups -OCH3 is 1. The van der Waals surface area contributed by atoms with Gasteiger partial charge in [-0.1, -0.05) is 37.6 Å². The standard InChI is InChI=1S/C23H22ClFN4O4S/c1-12(2)19(22(31)33-3)29-20(30)21-27-18(11-34-21)13-4-7-15(8-5-13)26-23(32)28-17-9-6-14(24)10-16(17)25/h4-12,19H,1-3H3,(H,29,30)(H2,26,28,32)/t19-/m0/s1. The van der Waals surface area contributed by atoms with Gasteiger partial charge >= 0.3 is 12.0 Å². The number of anilines is 2. The van der Waals surface area contributed by atoms with E-state index in [0.717, 1.165) is 23.0 Å². The van der Waals surface area contributed by atoms with Crippen molar-refractivity contribution in [3.05, 3.63) is 63.7 Å². The van der Waals surface area contributed by atoms with Gasteiger partial charge in [0.1, 0.15) is 11.9 Å². The topological polar surface area (TPSA) is 109 Å². The zero-order valence-electron chi connectivity index (χ0n) is 18.5. The largest absolute Gasteiger partial charge is 0.467 e. The number of rotatable bonds is 7. The highest BCUT2D eigenvalue weighted by Crippen LogP contribution is 2.24. The first-order chi connectivity index (χ1) is 16.2. The van der Waals surface area contributed by atoms with Crippen molar-refractivity contribution >= 4 is 52.2 Å². The molecule has 0 aliphatic heterocycles. The second-order valence-corrected chi connectivity index (χ2v) is 8.83. The molecule has 3 aromatic rings. The first-order valence-corrected chi connectivity index (χ1v) is 11.4. The molecule has 3 N–H and O–H groups in total. The number of ether oxygens (including phenoxy) is 1. The average molecular weight is 505 g/mol. The summed E-state index contributed by atoms with van der Waals surface area (Å²) in [6, 6.07) is 9.29. The minimum atomic E-state index is -0.775. The number of carbonyl (C=O) groups excluding carboxylic acids is 3. The molecule has 0 unspecified atom stereocenters. The van der Waals surface area contributed by atoms with E-state index in [4.69, 9.17) is 16.3 Å². The summed E-state index contributed by atoms with van der Waals surface area (Å²) in [7, 11) is 1.27. The Balaban J connectivity index is 1.63. The molecule has 1 atom stereocenters. The van der Waals surface area contributed by atoms with Crippen molar-refractivity contribution in [3.63, 3.8) is 0 Å². The maximum atomic E-state index is 13.8. The van der Waals surface area contributed by atoms with Gasteiger partial charge in [-0.2, -0.15) is 0 Å². The lowest BCUT2D eigenvalue weighted by molar-refractivity contribution is -0.144. The smallest absolute Gasteiger partial charge is 0.328 e. The molecule has 0 saturated carbocycles. The monoisotopic (exact) mass is 504 g/mol. The molecule has 34 heavy (non-hydrogen) atoms. The summed E-state index contributed by atoms with van der Waals surface area (Å²) < 4.78 is 18.6. The predicted molar refractivity (Wildman–Crippen MR) is 130 cm³/mol. The zero-order valence-corrected chi connectivity index (χ0v) is 20.1. The van der Waals surface area contributed by atoms with Crippen LogP contribution >= 0.6 is 22.9 Å². The Morgan fingerprint density at radius 3 is 2.41 bits per heavy atom. The fourth-order valence-corrected chi connectivity index (χ4v) is 3.83. The van der Waals surface area contributed by atoms with Gasteiger partial charge in [0.2, 0.25) is 0 Å². The molecule has 0 aliphatic carbocycles. The van der Waals surface area contributed by atoms with Crippen LogP contribution in [0.2, 0.25) is 5.02 Å². The fourth-order valence-electron chi connectivity index (χ4n) is 2.94. The molecule has 0 fully saturated rings. The summed E-state index contributed by atoms with van der Waals surface area (Å²) in [6.07, 6.45) is 0.